The summed E-state index contributed by atoms with van der Waals surface area (Å²) in [6, 6.07) is 11.4. The van der Waals surface area contributed by atoms with E-state index in [4.69, 9.17) is 14.2 Å². The molecular formula is C23H29N2O5+. The van der Waals surface area contributed by atoms with Crippen LogP contribution in [0, 0.1) is 6.92 Å². The summed E-state index contributed by atoms with van der Waals surface area (Å²) < 4.78 is 15.8. The summed E-state index contributed by atoms with van der Waals surface area (Å²) in [6.07, 6.45) is 0.965. The number of ether oxygens (including phenoxy) is 3. The minimum Gasteiger partial charge on any atom is -0.493 e. The number of hydrogen-bond donors (Lipinski definition) is 2. The molecule has 0 bridgehead atoms. The highest BCUT2D eigenvalue weighted by Gasteiger charge is 2.35. The van der Waals surface area contributed by atoms with Gasteiger partial charge < -0.3 is 24.4 Å². The molecule has 1 aliphatic rings. The van der Waals surface area contributed by atoms with E-state index in [1.807, 2.05) is 43.3 Å². The van der Waals surface area contributed by atoms with Gasteiger partial charge in [-0.05, 0) is 42.3 Å². The van der Waals surface area contributed by atoms with Gasteiger partial charge in [0.25, 0.3) is 5.91 Å². The van der Waals surface area contributed by atoms with Gasteiger partial charge in [0.2, 0.25) is 0 Å². The molecule has 7 nitrogen and oxygen atoms in total. The predicted octanol–water partition coefficient (Wildman–Crippen LogP) is 1.70. The number of anilines is 1. The lowest BCUT2D eigenvalue weighted by Gasteiger charge is -2.34. The number of amides is 1. The molecule has 30 heavy (non-hydrogen) atoms. The Morgan fingerprint density at radius 1 is 1.10 bits per heavy atom. The van der Waals surface area contributed by atoms with Crippen molar-refractivity contribution in [2.24, 2.45) is 0 Å². The fourth-order valence-electron chi connectivity index (χ4n) is 4.02. The van der Waals surface area contributed by atoms with Crippen LogP contribution in [0.1, 0.15) is 29.2 Å². The molecule has 0 radical (unpaired) electrons. The lowest BCUT2D eigenvalue weighted by Crippen LogP contribution is -3.14. The van der Waals surface area contributed by atoms with Gasteiger partial charge in [-0.3, -0.25) is 9.59 Å². The second-order valence-corrected chi connectivity index (χ2v) is 7.49. The third-order valence-electron chi connectivity index (χ3n) is 5.52. The first-order valence-corrected chi connectivity index (χ1v) is 9.97. The van der Waals surface area contributed by atoms with Crippen LogP contribution >= 0.6 is 0 Å². The number of quaternary nitrogens is 1. The number of esters is 1. The van der Waals surface area contributed by atoms with Crippen molar-refractivity contribution in [3.05, 3.63) is 53.1 Å². The van der Waals surface area contributed by atoms with Crippen molar-refractivity contribution in [1.82, 2.24) is 0 Å². The lowest BCUT2D eigenvalue weighted by molar-refractivity contribution is -0.925. The van der Waals surface area contributed by atoms with Gasteiger partial charge in [-0.25, -0.2) is 0 Å². The highest BCUT2D eigenvalue weighted by atomic mass is 16.5. The van der Waals surface area contributed by atoms with Crippen LogP contribution in [-0.4, -0.2) is 46.3 Å². The van der Waals surface area contributed by atoms with E-state index in [1.54, 1.807) is 14.2 Å². The number of rotatable bonds is 7. The Kier molecular flexibility index (Phi) is 6.95. The molecule has 2 N–H and O–H groups in total. The van der Waals surface area contributed by atoms with Crippen LogP contribution in [-0.2, 0) is 20.7 Å². The molecule has 0 saturated carbocycles. The van der Waals surface area contributed by atoms with Gasteiger partial charge in [0.15, 0.2) is 18.0 Å². The largest absolute Gasteiger partial charge is 0.493 e. The summed E-state index contributed by atoms with van der Waals surface area (Å²) >= 11 is 0. The molecule has 0 saturated heterocycles. The Bertz CT molecular complexity index is 928. The van der Waals surface area contributed by atoms with Crippen molar-refractivity contribution < 1.29 is 28.7 Å². The number of carbonyl (C=O) groups is 2. The van der Waals surface area contributed by atoms with Gasteiger partial charge in [-0.2, -0.15) is 0 Å². The average molecular weight is 413 g/mol. The third kappa shape index (κ3) is 4.91. The van der Waals surface area contributed by atoms with E-state index in [1.165, 1.54) is 7.11 Å². The summed E-state index contributed by atoms with van der Waals surface area (Å²) in [4.78, 5) is 25.9. The highest BCUT2D eigenvalue weighted by Crippen LogP contribution is 2.35. The second-order valence-electron chi connectivity index (χ2n) is 7.49. The van der Waals surface area contributed by atoms with Gasteiger partial charge in [0.05, 0.1) is 27.9 Å². The average Bonchev–Trinajstić information content (AvgIpc) is 2.74. The van der Waals surface area contributed by atoms with Crippen molar-refractivity contribution in [3.8, 4) is 11.5 Å². The first-order valence-electron chi connectivity index (χ1n) is 9.97. The minimum absolute atomic E-state index is 0.0885. The summed E-state index contributed by atoms with van der Waals surface area (Å²) in [5.74, 6) is 0.874. The lowest BCUT2D eigenvalue weighted by atomic mass is 9.90. The summed E-state index contributed by atoms with van der Waals surface area (Å²) in [6.45, 7) is 2.96. The van der Waals surface area contributed by atoms with E-state index in [-0.39, 0.29) is 30.9 Å². The van der Waals surface area contributed by atoms with E-state index in [2.05, 4.69) is 5.32 Å². The monoisotopic (exact) mass is 413 g/mol. The Hall–Kier alpha value is -3.06. The maximum atomic E-state index is 12.7. The SMILES string of the molecule is COC(=O)C[C@H]1c2cc(OC)c(OC)cc2CC[NH+]1CC(=O)Nc1cccc(C)c1. The molecule has 2 aromatic rings. The summed E-state index contributed by atoms with van der Waals surface area (Å²) in [5.41, 5.74) is 3.94. The topological polar surface area (TPSA) is 78.3 Å². The molecule has 1 amide bonds. The fourth-order valence-corrected chi connectivity index (χ4v) is 4.02. The van der Waals surface area contributed by atoms with E-state index >= 15 is 0 Å². The Balaban J connectivity index is 1.85. The quantitative estimate of drug-likeness (QED) is 0.676. The second kappa shape index (κ2) is 9.63. The Morgan fingerprint density at radius 2 is 1.83 bits per heavy atom. The van der Waals surface area contributed by atoms with Crippen LogP contribution in [0.4, 0.5) is 5.69 Å². The van der Waals surface area contributed by atoms with E-state index in [0.29, 0.717) is 11.5 Å². The zero-order valence-corrected chi connectivity index (χ0v) is 17.9. The van der Waals surface area contributed by atoms with Crippen molar-refractivity contribution in [3.63, 3.8) is 0 Å². The molecule has 0 aromatic heterocycles. The molecule has 0 spiro atoms. The predicted molar refractivity (Wildman–Crippen MR) is 113 cm³/mol. The van der Waals surface area contributed by atoms with Crippen molar-refractivity contribution in [1.29, 1.82) is 0 Å². The van der Waals surface area contributed by atoms with Crippen LogP contribution in [0.15, 0.2) is 36.4 Å². The van der Waals surface area contributed by atoms with Crippen molar-refractivity contribution in [2.75, 3.05) is 39.7 Å². The smallest absolute Gasteiger partial charge is 0.311 e. The van der Waals surface area contributed by atoms with Gasteiger partial charge in [0.1, 0.15) is 12.5 Å². The van der Waals surface area contributed by atoms with Gasteiger partial charge in [-0.15, -0.1) is 0 Å². The van der Waals surface area contributed by atoms with Gasteiger partial charge >= 0.3 is 5.97 Å². The first-order chi connectivity index (χ1) is 14.4. The van der Waals surface area contributed by atoms with Crippen molar-refractivity contribution in [2.45, 2.75) is 25.8 Å². The normalized spacial score (nSPS) is 17.6. The van der Waals surface area contributed by atoms with Crippen LogP contribution in [0.2, 0.25) is 0 Å². The van der Waals surface area contributed by atoms with E-state index in [0.717, 1.165) is 40.2 Å². The minimum atomic E-state index is -0.306. The third-order valence-corrected chi connectivity index (χ3v) is 5.52. The molecule has 160 valence electrons. The Labute approximate surface area is 176 Å². The molecule has 2 atom stereocenters. The van der Waals surface area contributed by atoms with Crippen molar-refractivity contribution >= 4 is 17.6 Å². The van der Waals surface area contributed by atoms with Crippen LogP contribution < -0.4 is 19.7 Å². The highest BCUT2D eigenvalue weighted by molar-refractivity contribution is 5.91. The summed E-state index contributed by atoms with van der Waals surface area (Å²) in [7, 11) is 4.57. The number of carbonyl (C=O) groups excluding carboxylic acids is 2. The number of hydrogen-bond acceptors (Lipinski definition) is 5. The fraction of sp³-hybridized carbons (Fsp3) is 0.391. The number of benzene rings is 2. The maximum absolute atomic E-state index is 12.7. The molecule has 1 unspecified atom stereocenters. The van der Waals surface area contributed by atoms with Crippen LogP contribution in [0.25, 0.3) is 0 Å². The van der Waals surface area contributed by atoms with Gasteiger partial charge in [-0.1, -0.05) is 12.1 Å². The van der Waals surface area contributed by atoms with Gasteiger partial charge in [0, 0.05) is 17.7 Å². The standard InChI is InChI=1S/C23H28N2O5/c1-15-6-5-7-17(10-15)24-22(26)14-25-9-8-16-11-20(28-2)21(29-3)12-18(16)19(25)13-23(27)30-4/h5-7,10-12,19H,8-9,13-14H2,1-4H3,(H,24,26)/p+1/t19-/m0/s1. The number of aryl methyl sites for hydroxylation is 1. The van der Waals surface area contributed by atoms with E-state index < -0.39 is 0 Å². The zero-order chi connectivity index (χ0) is 21.7. The molecule has 1 heterocycles. The molecule has 1 aliphatic heterocycles. The molecule has 2 aromatic carbocycles. The molecular weight excluding hydrogens is 384 g/mol. The molecule has 3 rings (SSSR count). The molecule has 0 aliphatic carbocycles. The number of fused-ring (bicyclic) bond motifs is 1. The maximum Gasteiger partial charge on any atom is 0.311 e. The number of methoxy groups -OCH3 is 3. The number of nitrogens with one attached hydrogen (secondary N) is 2. The first kappa shape index (κ1) is 21.6. The molecule has 7 heteroatoms. The van der Waals surface area contributed by atoms with Crippen LogP contribution in [0.3, 0.4) is 0 Å². The molecule has 0 fully saturated rings. The van der Waals surface area contributed by atoms with E-state index in [9.17, 15) is 9.59 Å². The summed E-state index contributed by atoms with van der Waals surface area (Å²) in [5, 5.41) is 2.96. The zero-order valence-electron chi connectivity index (χ0n) is 17.9. The van der Waals surface area contributed by atoms with Crippen LogP contribution in [0.5, 0.6) is 11.5 Å². The Morgan fingerprint density at radius 3 is 2.50 bits per heavy atom.